The molecule has 0 bridgehead atoms. The van der Waals surface area contributed by atoms with Crippen LogP contribution in [0.25, 0.3) is 10.8 Å². The van der Waals surface area contributed by atoms with E-state index in [1.54, 1.807) is 32.9 Å². The molecule has 8 heteroatoms. The molecule has 0 saturated heterocycles. The maximum atomic E-state index is 12.6. The number of hydrogen-bond acceptors (Lipinski definition) is 5. The monoisotopic (exact) mass is 442 g/mol. The zero-order chi connectivity index (χ0) is 23.7. The summed E-state index contributed by atoms with van der Waals surface area (Å²) in [4.78, 5) is 48.0. The molecule has 0 aliphatic rings. The summed E-state index contributed by atoms with van der Waals surface area (Å²) >= 11 is 0. The fraction of sp³-hybridized carbons (Fsp3) is 0.417. The Bertz CT molecular complexity index is 980. The van der Waals surface area contributed by atoms with Crippen LogP contribution in [0.3, 0.4) is 0 Å². The highest BCUT2D eigenvalue weighted by atomic mass is 16.6. The molecular weight excluding hydrogens is 412 g/mol. The number of amides is 2. The van der Waals surface area contributed by atoms with Gasteiger partial charge in [0.05, 0.1) is 12.5 Å². The molecule has 1 atom stereocenters. The number of rotatable bonds is 10. The zero-order valence-corrected chi connectivity index (χ0v) is 18.6. The lowest BCUT2D eigenvalue weighted by molar-refractivity contribution is -0.120. The molecule has 2 aromatic rings. The molecule has 0 fully saturated rings. The largest absolute Gasteiger partial charge is 0.465 e. The molecule has 0 aliphatic carbocycles. The highest BCUT2D eigenvalue weighted by Crippen LogP contribution is 2.17. The second-order valence-electron chi connectivity index (χ2n) is 8.55. The Labute approximate surface area is 187 Å². The number of ketones is 2. The molecule has 2 rings (SSSR count). The second kappa shape index (κ2) is 11.3. The zero-order valence-electron chi connectivity index (χ0n) is 18.6. The van der Waals surface area contributed by atoms with Gasteiger partial charge in [-0.2, -0.15) is 0 Å². The van der Waals surface area contributed by atoms with Crippen LogP contribution in [0.15, 0.2) is 42.5 Å². The van der Waals surface area contributed by atoms with E-state index in [1.165, 1.54) is 0 Å². The summed E-state index contributed by atoms with van der Waals surface area (Å²) in [6, 6.07) is 11.8. The minimum Gasteiger partial charge on any atom is -0.465 e. The van der Waals surface area contributed by atoms with Crippen LogP contribution in [0.5, 0.6) is 0 Å². The lowest BCUT2D eigenvalue weighted by atomic mass is 9.97. The van der Waals surface area contributed by atoms with E-state index in [2.05, 4.69) is 10.6 Å². The first-order valence-corrected chi connectivity index (χ1v) is 10.6. The Kier molecular flexibility index (Phi) is 8.75. The standard InChI is InChI=1S/C24H30N2O6/c1-24(2,3)32-23(31)25-13-7-6-10-19(26-22(29)30)21(28)15-20(27)18-12-11-16-8-4-5-9-17(16)14-18/h4-5,8-9,11-12,14,19,26H,6-7,10,13,15H2,1-3H3,(H,25,31)(H,29,30). The van der Waals surface area contributed by atoms with E-state index in [4.69, 9.17) is 9.84 Å². The molecule has 32 heavy (non-hydrogen) atoms. The van der Waals surface area contributed by atoms with E-state index in [1.807, 2.05) is 30.3 Å². The van der Waals surface area contributed by atoms with Gasteiger partial charge in [-0.3, -0.25) is 9.59 Å². The molecule has 172 valence electrons. The molecule has 1 unspecified atom stereocenters. The van der Waals surface area contributed by atoms with Crippen LogP contribution in [0.2, 0.25) is 0 Å². The average molecular weight is 443 g/mol. The first-order chi connectivity index (χ1) is 15.0. The minimum absolute atomic E-state index is 0.228. The average Bonchev–Trinajstić information content (AvgIpc) is 2.70. The van der Waals surface area contributed by atoms with Gasteiger partial charge in [-0.1, -0.05) is 36.4 Å². The first kappa shape index (κ1) is 24.8. The van der Waals surface area contributed by atoms with Crippen molar-refractivity contribution in [2.24, 2.45) is 0 Å². The van der Waals surface area contributed by atoms with Crippen molar-refractivity contribution in [2.75, 3.05) is 6.54 Å². The van der Waals surface area contributed by atoms with Crippen molar-refractivity contribution in [3.8, 4) is 0 Å². The maximum absolute atomic E-state index is 12.6. The number of unbranched alkanes of at least 4 members (excludes halogenated alkanes) is 1. The van der Waals surface area contributed by atoms with E-state index in [0.717, 1.165) is 10.8 Å². The lowest BCUT2D eigenvalue weighted by Gasteiger charge is -2.19. The summed E-state index contributed by atoms with van der Waals surface area (Å²) in [6.07, 6.45) is -1.01. The van der Waals surface area contributed by atoms with Gasteiger partial charge in [0.1, 0.15) is 5.60 Å². The minimum atomic E-state index is -1.33. The van der Waals surface area contributed by atoms with Gasteiger partial charge in [0.25, 0.3) is 0 Å². The third-order valence-corrected chi connectivity index (χ3v) is 4.68. The van der Waals surface area contributed by atoms with Crippen molar-refractivity contribution in [2.45, 2.75) is 58.1 Å². The summed E-state index contributed by atoms with van der Waals surface area (Å²) in [7, 11) is 0. The van der Waals surface area contributed by atoms with Crippen LogP contribution in [0.1, 0.15) is 56.8 Å². The SMILES string of the molecule is CC(C)(C)OC(=O)NCCCCC(NC(=O)O)C(=O)CC(=O)c1ccc2ccccc2c1. The van der Waals surface area contributed by atoms with Gasteiger partial charge in [-0.15, -0.1) is 0 Å². The molecular formula is C24H30N2O6. The van der Waals surface area contributed by atoms with Gasteiger partial charge in [0, 0.05) is 12.1 Å². The Morgan fingerprint density at radius 3 is 2.34 bits per heavy atom. The van der Waals surface area contributed by atoms with E-state index >= 15 is 0 Å². The summed E-state index contributed by atoms with van der Waals surface area (Å²) in [5, 5.41) is 15.8. The number of ether oxygens (including phenoxy) is 1. The van der Waals surface area contributed by atoms with Crippen LogP contribution in [-0.4, -0.2) is 47.0 Å². The number of alkyl carbamates (subject to hydrolysis) is 1. The Hall–Kier alpha value is -3.42. The predicted octanol–water partition coefficient (Wildman–Crippen LogP) is 4.31. The number of hydrogen-bond donors (Lipinski definition) is 3. The maximum Gasteiger partial charge on any atom is 0.407 e. The Morgan fingerprint density at radius 1 is 1.00 bits per heavy atom. The van der Waals surface area contributed by atoms with Crippen LogP contribution in [0, 0.1) is 0 Å². The van der Waals surface area contributed by atoms with Crippen LogP contribution < -0.4 is 10.6 Å². The molecule has 2 aromatic carbocycles. The smallest absolute Gasteiger partial charge is 0.407 e. The first-order valence-electron chi connectivity index (χ1n) is 10.6. The number of Topliss-reactive ketones (excluding diaryl/α,β-unsaturated/α-hetero) is 2. The number of benzene rings is 2. The van der Waals surface area contributed by atoms with E-state index in [0.29, 0.717) is 24.9 Å². The topological polar surface area (TPSA) is 122 Å². The normalized spacial score (nSPS) is 12.1. The second-order valence-corrected chi connectivity index (χ2v) is 8.55. The quantitative estimate of drug-likeness (QED) is 0.286. The molecule has 8 nitrogen and oxygen atoms in total. The van der Waals surface area contributed by atoms with Crippen LogP contribution in [-0.2, 0) is 9.53 Å². The van der Waals surface area contributed by atoms with Crippen molar-refractivity contribution in [1.29, 1.82) is 0 Å². The van der Waals surface area contributed by atoms with Gasteiger partial charge in [-0.05, 0) is 56.9 Å². The summed E-state index contributed by atoms with van der Waals surface area (Å²) in [6.45, 7) is 5.62. The fourth-order valence-electron chi connectivity index (χ4n) is 3.19. The van der Waals surface area contributed by atoms with Crippen LogP contribution >= 0.6 is 0 Å². The number of carbonyl (C=O) groups is 4. The van der Waals surface area contributed by atoms with Crippen molar-refractivity contribution in [1.82, 2.24) is 10.6 Å². The third-order valence-electron chi connectivity index (χ3n) is 4.68. The van der Waals surface area contributed by atoms with E-state index < -0.39 is 29.6 Å². The highest BCUT2D eigenvalue weighted by molar-refractivity contribution is 6.11. The number of nitrogens with one attached hydrogen (secondary N) is 2. The molecule has 3 N–H and O–H groups in total. The molecule has 0 aromatic heterocycles. The van der Waals surface area contributed by atoms with Crippen LogP contribution in [0.4, 0.5) is 9.59 Å². The fourth-order valence-corrected chi connectivity index (χ4v) is 3.19. The van der Waals surface area contributed by atoms with Crippen molar-refractivity contribution >= 4 is 34.5 Å². The van der Waals surface area contributed by atoms with Crippen molar-refractivity contribution < 1.29 is 29.0 Å². The van der Waals surface area contributed by atoms with Gasteiger partial charge in [0.15, 0.2) is 11.6 Å². The predicted molar refractivity (Wildman–Crippen MR) is 121 cm³/mol. The van der Waals surface area contributed by atoms with Gasteiger partial charge in [0.2, 0.25) is 0 Å². The van der Waals surface area contributed by atoms with Crippen molar-refractivity contribution in [3.05, 3.63) is 48.0 Å². The molecule has 0 radical (unpaired) electrons. The third kappa shape index (κ3) is 8.37. The molecule has 0 spiro atoms. The number of fused-ring (bicyclic) bond motifs is 1. The van der Waals surface area contributed by atoms with Gasteiger partial charge < -0.3 is 20.5 Å². The Balaban J connectivity index is 1.87. The number of carbonyl (C=O) groups excluding carboxylic acids is 3. The van der Waals surface area contributed by atoms with Gasteiger partial charge in [-0.25, -0.2) is 9.59 Å². The summed E-state index contributed by atoms with van der Waals surface area (Å²) < 4.78 is 5.14. The molecule has 0 saturated carbocycles. The summed E-state index contributed by atoms with van der Waals surface area (Å²) in [5.74, 6) is -0.838. The van der Waals surface area contributed by atoms with E-state index in [-0.39, 0.29) is 18.6 Å². The highest BCUT2D eigenvalue weighted by Gasteiger charge is 2.23. The molecule has 2 amide bonds. The summed E-state index contributed by atoms with van der Waals surface area (Å²) in [5.41, 5.74) is -0.183. The van der Waals surface area contributed by atoms with Gasteiger partial charge >= 0.3 is 12.2 Å². The van der Waals surface area contributed by atoms with E-state index in [9.17, 15) is 19.2 Å². The molecule has 0 heterocycles. The Morgan fingerprint density at radius 2 is 1.69 bits per heavy atom. The lowest BCUT2D eigenvalue weighted by Crippen LogP contribution is -2.41. The molecule has 0 aliphatic heterocycles. The number of carboxylic acid groups (broad SMARTS) is 1. The van der Waals surface area contributed by atoms with Crippen molar-refractivity contribution in [3.63, 3.8) is 0 Å².